The van der Waals surface area contributed by atoms with Gasteiger partial charge in [0.25, 0.3) is 0 Å². The van der Waals surface area contributed by atoms with Crippen molar-refractivity contribution in [2.75, 3.05) is 19.5 Å². The Morgan fingerprint density at radius 2 is 1.52 bits per heavy atom. The van der Waals surface area contributed by atoms with Crippen LogP contribution in [-0.2, 0) is 18.5 Å². The molecule has 0 aliphatic carbocycles. The van der Waals surface area contributed by atoms with Gasteiger partial charge in [-0.15, -0.1) is 0 Å². The summed E-state index contributed by atoms with van der Waals surface area (Å²) in [5.74, 6) is 2.36. The van der Waals surface area contributed by atoms with Gasteiger partial charge in [-0.2, -0.15) is 0 Å². The van der Waals surface area contributed by atoms with Crippen LogP contribution in [0.2, 0.25) is 0 Å². The Labute approximate surface area is 195 Å². The van der Waals surface area contributed by atoms with Crippen LogP contribution in [0, 0.1) is 0 Å². The van der Waals surface area contributed by atoms with Crippen molar-refractivity contribution in [1.82, 2.24) is 9.55 Å². The average Bonchev–Trinajstić information content (AvgIpc) is 3.22. The molecule has 0 fully saturated rings. The van der Waals surface area contributed by atoms with Gasteiger partial charge < -0.3 is 19.4 Å². The number of benzene rings is 3. The summed E-state index contributed by atoms with van der Waals surface area (Å²) >= 11 is 0. The average molecular weight is 440 g/mol. The number of fused-ring (bicyclic) bond motifs is 3. The summed E-state index contributed by atoms with van der Waals surface area (Å²) in [6, 6.07) is 25.1. The molecule has 0 amide bonds. The van der Waals surface area contributed by atoms with Crippen LogP contribution in [-0.4, -0.2) is 23.8 Å². The molecule has 33 heavy (non-hydrogen) atoms. The van der Waals surface area contributed by atoms with Crippen molar-refractivity contribution in [1.29, 1.82) is 0 Å². The maximum Gasteiger partial charge on any atom is 0.204 e. The van der Waals surface area contributed by atoms with Gasteiger partial charge in [0.05, 0.1) is 31.1 Å². The van der Waals surface area contributed by atoms with E-state index in [9.17, 15) is 0 Å². The minimum absolute atomic E-state index is 0.283. The Kier molecular flexibility index (Phi) is 5.33. The number of anilines is 1. The first-order valence-electron chi connectivity index (χ1n) is 11.3. The SMILES string of the molecule is COc1cc2c(cc1OC)-c1c(-c3ccccc3)nc(NC(C)(C)c3ccccc3)n1CC2. The van der Waals surface area contributed by atoms with E-state index in [0.29, 0.717) is 0 Å². The van der Waals surface area contributed by atoms with Crippen LogP contribution in [0.1, 0.15) is 25.0 Å². The van der Waals surface area contributed by atoms with E-state index in [1.54, 1.807) is 14.2 Å². The zero-order valence-corrected chi connectivity index (χ0v) is 19.6. The Morgan fingerprint density at radius 3 is 2.18 bits per heavy atom. The molecule has 1 aliphatic rings. The Balaban J connectivity index is 1.69. The minimum atomic E-state index is -0.283. The molecule has 3 aromatic carbocycles. The highest BCUT2D eigenvalue weighted by Gasteiger charge is 2.30. The van der Waals surface area contributed by atoms with Gasteiger partial charge in [-0.25, -0.2) is 4.98 Å². The van der Waals surface area contributed by atoms with Crippen LogP contribution >= 0.6 is 0 Å². The molecule has 1 N–H and O–H groups in total. The van der Waals surface area contributed by atoms with Crippen molar-refractivity contribution in [3.63, 3.8) is 0 Å². The van der Waals surface area contributed by atoms with Gasteiger partial charge in [-0.1, -0.05) is 60.7 Å². The van der Waals surface area contributed by atoms with E-state index in [0.717, 1.165) is 52.9 Å². The summed E-state index contributed by atoms with van der Waals surface area (Å²) in [6.45, 7) is 5.22. The Hall–Kier alpha value is -3.73. The smallest absolute Gasteiger partial charge is 0.204 e. The third-order valence-electron chi connectivity index (χ3n) is 6.40. The van der Waals surface area contributed by atoms with Gasteiger partial charge in [0, 0.05) is 17.7 Å². The summed E-state index contributed by atoms with van der Waals surface area (Å²) in [5.41, 5.74) is 6.47. The highest BCUT2D eigenvalue weighted by Crippen LogP contribution is 2.44. The lowest BCUT2D eigenvalue weighted by Crippen LogP contribution is -2.30. The number of hydrogen-bond donors (Lipinski definition) is 1. The largest absolute Gasteiger partial charge is 0.493 e. The number of ether oxygens (including phenoxy) is 2. The van der Waals surface area contributed by atoms with Gasteiger partial charge in [0.15, 0.2) is 11.5 Å². The third kappa shape index (κ3) is 3.74. The standard InChI is InChI=1S/C28H29N3O2/c1-28(2,21-13-9-6-10-14-21)30-27-29-25(19-11-7-5-8-12-19)26-22-18-24(33-4)23(32-3)17-20(22)15-16-31(26)27/h5-14,17-18H,15-16H2,1-4H3,(H,29,30). The summed E-state index contributed by atoms with van der Waals surface area (Å²) in [5, 5.41) is 3.73. The van der Waals surface area contributed by atoms with E-state index in [-0.39, 0.29) is 5.54 Å². The van der Waals surface area contributed by atoms with Crippen LogP contribution in [0.15, 0.2) is 72.8 Å². The highest BCUT2D eigenvalue weighted by molar-refractivity contribution is 5.84. The molecule has 0 radical (unpaired) electrons. The van der Waals surface area contributed by atoms with Crippen molar-refractivity contribution in [2.45, 2.75) is 32.4 Å². The second kappa shape index (κ2) is 8.32. The summed E-state index contributed by atoms with van der Waals surface area (Å²) in [6.07, 6.45) is 0.897. The molecular weight excluding hydrogens is 410 g/mol. The van der Waals surface area contributed by atoms with E-state index in [2.05, 4.69) is 84.4 Å². The second-order valence-electron chi connectivity index (χ2n) is 8.88. The topological polar surface area (TPSA) is 48.3 Å². The molecule has 168 valence electrons. The molecule has 1 aliphatic heterocycles. The van der Waals surface area contributed by atoms with E-state index in [1.165, 1.54) is 11.1 Å². The quantitative estimate of drug-likeness (QED) is 0.392. The molecule has 0 spiro atoms. The Bertz CT molecular complexity index is 1280. The number of aryl methyl sites for hydroxylation is 1. The van der Waals surface area contributed by atoms with Gasteiger partial charge >= 0.3 is 0 Å². The molecule has 0 bridgehead atoms. The normalized spacial score (nSPS) is 12.6. The fourth-order valence-corrected chi connectivity index (χ4v) is 4.62. The molecule has 4 aromatic rings. The molecular formula is C28H29N3O2. The van der Waals surface area contributed by atoms with Gasteiger partial charge in [0.1, 0.15) is 0 Å². The van der Waals surface area contributed by atoms with Crippen LogP contribution in [0.25, 0.3) is 22.5 Å². The maximum atomic E-state index is 5.64. The first-order valence-corrected chi connectivity index (χ1v) is 11.3. The number of rotatable bonds is 6. The number of nitrogens with zero attached hydrogens (tertiary/aromatic N) is 2. The molecule has 0 saturated heterocycles. The first kappa shape index (κ1) is 21.1. The van der Waals surface area contributed by atoms with Crippen molar-refractivity contribution >= 4 is 5.95 Å². The molecule has 1 aromatic heterocycles. The zero-order chi connectivity index (χ0) is 23.0. The molecule has 5 rings (SSSR count). The maximum absolute atomic E-state index is 5.64. The van der Waals surface area contributed by atoms with Gasteiger partial charge in [-0.05, 0) is 43.5 Å². The van der Waals surface area contributed by atoms with Crippen molar-refractivity contribution < 1.29 is 9.47 Å². The van der Waals surface area contributed by atoms with Crippen LogP contribution in [0.4, 0.5) is 5.95 Å². The summed E-state index contributed by atoms with van der Waals surface area (Å²) in [7, 11) is 3.36. The van der Waals surface area contributed by atoms with Crippen LogP contribution in [0.5, 0.6) is 11.5 Å². The number of methoxy groups -OCH3 is 2. The number of aromatic nitrogens is 2. The second-order valence-corrected chi connectivity index (χ2v) is 8.88. The van der Waals surface area contributed by atoms with E-state index < -0.39 is 0 Å². The highest BCUT2D eigenvalue weighted by atomic mass is 16.5. The number of imidazole rings is 1. The predicted octanol–water partition coefficient (Wildman–Crippen LogP) is 6.14. The van der Waals surface area contributed by atoms with Crippen molar-refractivity contribution in [2.24, 2.45) is 0 Å². The lowest BCUT2D eigenvalue weighted by atomic mass is 9.94. The van der Waals surface area contributed by atoms with E-state index in [4.69, 9.17) is 14.5 Å². The first-order chi connectivity index (χ1) is 16.0. The molecule has 5 nitrogen and oxygen atoms in total. The van der Waals surface area contributed by atoms with Crippen molar-refractivity contribution in [3.05, 3.63) is 83.9 Å². The van der Waals surface area contributed by atoms with Gasteiger partial charge in [-0.3, -0.25) is 0 Å². The predicted molar refractivity (Wildman–Crippen MR) is 133 cm³/mol. The van der Waals surface area contributed by atoms with E-state index in [1.807, 2.05) is 12.1 Å². The molecule has 0 atom stereocenters. The number of hydrogen-bond acceptors (Lipinski definition) is 4. The minimum Gasteiger partial charge on any atom is -0.493 e. The lowest BCUT2D eigenvalue weighted by Gasteiger charge is -2.29. The zero-order valence-electron chi connectivity index (χ0n) is 19.6. The lowest BCUT2D eigenvalue weighted by molar-refractivity contribution is 0.354. The van der Waals surface area contributed by atoms with Gasteiger partial charge in [0.2, 0.25) is 5.95 Å². The molecule has 2 heterocycles. The van der Waals surface area contributed by atoms with Crippen LogP contribution < -0.4 is 14.8 Å². The van der Waals surface area contributed by atoms with Crippen LogP contribution in [0.3, 0.4) is 0 Å². The number of nitrogens with one attached hydrogen (secondary N) is 1. The molecule has 0 saturated carbocycles. The Morgan fingerprint density at radius 1 is 0.879 bits per heavy atom. The monoisotopic (exact) mass is 439 g/mol. The van der Waals surface area contributed by atoms with Crippen molar-refractivity contribution in [3.8, 4) is 34.0 Å². The molecule has 0 unspecified atom stereocenters. The fourth-order valence-electron chi connectivity index (χ4n) is 4.62. The fraction of sp³-hybridized carbons (Fsp3) is 0.250. The summed E-state index contributed by atoms with van der Waals surface area (Å²) in [4.78, 5) is 5.15. The van der Waals surface area contributed by atoms with E-state index >= 15 is 0 Å². The summed E-state index contributed by atoms with van der Waals surface area (Å²) < 4.78 is 13.5. The molecule has 5 heteroatoms. The third-order valence-corrected chi connectivity index (χ3v) is 6.40.